The number of methoxy groups -OCH3 is 2. The number of carbonyl (C=O) groups excluding carboxylic acids is 1. The highest BCUT2D eigenvalue weighted by molar-refractivity contribution is 7.13. The zero-order chi connectivity index (χ0) is 20.8. The van der Waals surface area contributed by atoms with Gasteiger partial charge < -0.3 is 13.9 Å². The van der Waals surface area contributed by atoms with E-state index in [0.717, 1.165) is 0 Å². The van der Waals surface area contributed by atoms with Crippen LogP contribution in [0.2, 0.25) is 0 Å². The van der Waals surface area contributed by atoms with Crippen molar-refractivity contribution in [3.63, 3.8) is 0 Å². The summed E-state index contributed by atoms with van der Waals surface area (Å²) in [4.78, 5) is 32.7. The van der Waals surface area contributed by atoms with E-state index in [-0.39, 0.29) is 16.8 Å². The number of aromatic nitrogens is 1. The Hall–Kier alpha value is -3.65. The number of rotatable bonds is 4. The van der Waals surface area contributed by atoms with Gasteiger partial charge in [0.15, 0.2) is 10.6 Å². The van der Waals surface area contributed by atoms with Crippen LogP contribution in [0.3, 0.4) is 0 Å². The summed E-state index contributed by atoms with van der Waals surface area (Å²) in [6.07, 6.45) is 1.62. The Morgan fingerprint density at radius 3 is 2.67 bits per heavy atom. The average Bonchev–Trinajstić information content (AvgIpc) is 3.40. The van der Waals surface area contributed by atoms with Gasteiger partial charge in [0.05, 0.1) is 25.2 Å². The van der Waals surface area contributed by atoms with Gasteiger partial charge in [-0.05, 0) is 18.2 Å². The maximum Gasteiger partial charge on any atom is 0.297 e. The van der Waals surface area contributed by atoms with Crippen molar-refractivity contribution in [3.8, 4) is 11.5 Å². The third-order valence-electron chi connectivity index (χ3n) is 5.14. The SMILES string of the molecule is COc1ccc2c(=O)c3c(oc2c1)C(=O)N(c1nccs1)[C@H]3c1ccccc1OC. The van der Waals surface area contributed by atoms with Crippen molar-refractivity contribution in [1.29, 1.82) is 0 Å². The Bertz CT molecular complexity index is 1330. The summed E-state index contributed by atoms with van der Waals surface area (Å²) >= 11 is 1.31. The number of amides is 1. The quantitative estimate of drug-likeness (QED) is 0.496. The van der Waals surface area contributed by atoms with E-state index in [1.165, 1.54) is 23.3 Å². The monoisotopic (exact) mass is 420 g/mol. The number of para-hydroxylation sites is 1. The maximum absolute atomic E-state index is 13.5. The number of hydrogen-bond donors (Lipinski definition) is 0. The van der Waals surface area contributed by atoms with E-state index in [4.69, 9.17) is 13.9 Å². The molecule has 1 amide bonds. The average molecular weight is 420 g/mol. The molecule has 1 aliphatic rings. The molecule has 0 radical (unpaired) electrons. The van der Waals surface area contributed by atoms with Gasteiger partial charge in [0.25, 0.3) is 5.91 Å². The van der Waals surface area contributed by atoms with Crippen LogP contribution in [0.25, 0.3) is 11.0 Å². The molecule has 1 aliphatic heterocycles. The van der Waals surface area contributed by atoms with Crippen molar-refractivity contribution in [2.75, 3.05) is 19.1 Å². The minimum Gasteiger partial charge on any atom is -0.497 e. The van der Waals surface area contributed by atoms with E-state index in [1.54, 1.807) is 43.0 Å². The lowest BCUT2D eigenvalue weighted by Crippen LogP contribution is -2.29. The molecule has 0 aliphatic carbocycles. The highest BCUT2D eigenvalue weighted by Gasteiger charge is 2.45. The van der Waals surface area contributed by atoms with Gasteiger partial charge in [0.2, 0.25) is 5.76 Å². The van der Waals surface area contributed by atoms with E-state index >= 15 is 0 Å². The zero-order valence-corrected chi connectivity index (χ0v) is 16.9. The van der Waals surface area contributed by atoms with E-state index in [9.17, 15) is 9.59 Å². The first kappa shape index (κ1) is 18.4. The Balaban J connectivity index is 1.84. The highest BCUT2D eigenvalue weighted by Crippen LogP contribution is 2.44. The van der Waals surface area contributed by atoms with Gasteiger partial charge >= 0.3 is 0 Å². The van der Waals surface area contributed by atoms with Gasteiger partial charge in [-0.1, -0.05) is 18.2 Å². The van der Waals surface area contributed by atoms with Crippen LogP contribution < -0.4 is 19.8 Å². The molecule has 150 valence electrons. The topological polar surface area (TPSA) is 81.9 Å². The number of nitrogens with zero attached hydrogens (tertiary/aromatic N) is 2. The van der Waals surface area contributed by atoms with Crippen LogP contribution in [0.15, 0.2) is 63.3 Å². The summed E-state index contributed by atoms with van der Waals surface area (Å²) in [5.74, 6) is 0.692. The van der Waals surface area contributed by atoms with Crippen molar-refractivity contribution < 1.29 is 18.7 Å². The predicted octanol–water partition coefficient (Wildman–Crippen LogP) is 4.02. The fourth-order valence-electron chi connectivity index (χ4n) is 3.80. The summed E-state index contributed by atoms with van der Waals surface area (Å²) in [6, 6.07) is 11.5. The van der Waals surface area contributed by atoms with Gasteiger partial charge in [-0.15, -0.1) is 11.3 Å². The molecule has 4 aromatic rings. The lowest BCUT2D eigenvalue weighted by Gasteiger charge is -2.24. The first-order chi connectivity index (χ1) is 14.6. The summed E-state index contributed by atoms with van der Waals surface area (Å²) in [7, 11) is 3.08. The van der Waals surface area contributed by atoms with Crippen LogP contribution in [0.1, 0.15) is 27.7 Å². The third-order valence-corrected chi connectivity index (χ3v) is 5.91. The van der Waals surface area contributed by atoms with Crippen molar-refractivity contribution in [2.24, 2.45) is 0 Å². The molecule has 3 heterocycles. The molecule has 5 rings (SSSR count). The molecule has 0 bridgehead atoms. The second kappa shape index (κ2) is 7.00. The number of benzene rings is 2. The molecule has 0 N–H and O–H groups in total. The van der Waals surface area contributed by atoms with Gasteiger partial charge in [-0.3, -0.25) is 14.5 Å². The molecular weight excluding hydrogens is 404 g/mol. The lowest BCUT2D eigenvalue weighted by molar-refractivity contribution is 0.0970. The fraction of sp³-hybridized carbons (Fsp3) is 0.136. The van der Waals surface area contributed by atoms with Crippen molar-refractivity contribution in [2.45, 2.75) is 6.04 Å². The van der Waals surface area contributed by atoms with Gasteiger partial charge in [0.1, 0.15) is 23.1 Å². The fourth-order valence-corrected chi connectivity index (χ4v) is 4.46. The summed E-state index contributed by atoms with van der Waals surface area (Å²) in [5.41, 5.74) is 0.989. The number of fused-ring (bicyclic) bond motifs is 2. The van der Waals surface area contributed by atoms with Crippen LogP contribution in [0.5, 0.6) is 11.5 Å². The van der Waals surface area contributed by atoms with E-state index in [1.807, 2.05) is 18.2 Å². The first-order valence-corrected chi connectivity index (χ1v) is 10.0. The smallest absolute Gasteiger partial charge is 0.297 e. The first-order valence-electron chi connectivity index (χ1n) is 9.14. The molecule has 0 saturated carbocycles. The summed E-state index contributed by atoms with van der Waals surface area (Å²) in [5, 5.41) is 2.63. The largest absolute Gasteiger partial charge is 0.497 e. The molecule has 7 nitrogen and oxygen atoms in total. The summed E-state index contributed by atoms with van der Waals surface area (Å²) < 4.78 is 16.7. The third kappa shape index (κ3) is 2.61. The second-order valence-corrected chi connectivity index (χ2v) is 7.54. The number of thiazole rings is 1. The van der Waals surface area contributed by atoms with Crippen LogP contribution in [0.4, 0.5) is 5.13 Å². The summed E-state index contributed by atoms with van der Waals surface area (Å²) in [6.45, 7) is 0. The molecule has 0 spiro atoms. The molecule has 1 atom stereocenters. The predicted molar refractivity (Wildman–Crippen MR) is 113 cm³/mol. The molecule has 2 aromatic carbocycles. The Morgan fingerprint density at radius 2 is 1.93 bits per heavy atom. The molecule has 0 saturated heterocycles. The molecule has 0 unspecified atom stereocenters. The number of anilines is 1. The van der Waals surface area contributed by atoms with Gasteiger partial charge in [-0.2, -0.15) is 0 Å². The normalized spacial score (nSPS) is 15.5. The number of carbonyl (C=O) groups is 1. The zero-order valence-electron chi connectivity index (χ0n) is 16.1. The number of ether oxygens (including phenoxy) is 2. The van der Waals surface area contributed by atoms with Crippen molar-refractivity contribution in [1.82, 2.24) is 4.98 Å². The van der Waals surface area contributed by atoms with Gasteiger partial charge in [0, 0.05) is 23.2 Å². The number of hydrogen-bond acceptors (Lipinski definition) is 7. The molecule has 2 aromatic heterocycles. The Kier molecular flexibility index (Phi) is 4.29. The van der Waals surface area contributed by atoms with Crippen LogP contribution >= 0.6 is 11.3 Å². The minimum atomic E-state index is -0.711. The molecule has 0 fully saturated rings. The standard InChI is InChI=1S/C22H16N2O5S/c1-27-12-7-8-14-16(11-12)29-20-17(19(14)25)18(13-5-3-4-6-15(13)28-2)24(21(20)26)22-23-9-10-30-22/h3-11,18H,1-2H3/t18-/m0/s1. The molecular formula is C22H16N2O5S. The van der Waals surface area contributed by atoms with Crippen LogP contribution in [-0.4, -0.2) is 25.1 Å². The van der Waals surface area contributed by atoms with Crippen molar-refractivity contribution >= 4 is 33.3 Å². The second-order valence-electron chi connectivity index (χ2n) is 6.67. The van der Waals surface area contributed by atoms with E-state index in [0.29, 0.717) is 33.2 Å². The van der Waals surface area contributed by atoms with Crippen molar-refractivity contribution in [3.05, 3.63) is 81.2 Å². The van der Waals surface area contributed by atoms with Crippen LogP contribution in [-0.2, 0) is 0 Å². The lowest BCUT2D eigenvalue weighted by atomic mass is 9.98. The Morgan fingerprint density at radius 1 is 1.10 bits per heavy atom. The molecule has 8 heteroatoms. The minimum absolute atomic E-state index is 0.00635. The van der Waals surface area contributed by atoms with Crippen LogP contribution in [0, 0.1) is 0 Å². The maximum atomic E-state index is 13.5. The molecule has 30 heavy (non-hydrogen) atoms. The highest BCUT2D eigenvalue weighted by atomic mass is 32.1. The van der Waals surface area contributed by atoms with E-state index in [2.05, 4.69) is 4.98 Å². The Labute approximate surface area is 175 Å². The van der Waals surface area contributed by atoms with E-state index < -0.39 is 11.9 Å². The van der Waals surface area contributed by atoms with Gasteiger partial charge in [-0.25, -0.2) is 4.98 Å².